The van der Waals surface area contributed by atoms with E-state index in [1.54, 1.807) is 0 Å². The Morgan fingerprint density at radius 2 is 1.89 bits per heavy atom. The van der Waals surface area contributed by atoms with Crippen molar-refractivity contribution in [1.82, 2.24) is 0 Å². The lowest BCUT2D eigenvalue weighted by molar-refractivity contribution is 0.0698. The normalized spacial score (nSPS) is 11.6. The number of sulfonamides is 1. The zero-order valence-electron chi connectivity index (χ0n) is 8.32. The molecule has 10 heteroatoms. The Hall–Kier alpha value is -0.740. The molecule has 0 aliphatic carbocycles. The van der Waals surface area contributed by atoms with E-state index in [0.717, 1.165) is 6.07 Å². The van der Waals surface area contributed by atoms with Crippen molar-refractivity contribution in [2.45, 2.75) is 5.76 Å². The largest absolute Gasteiger partial charge is 0.478 e. The summed E-state index contributed by atoms with van der Waals surface area (Å²) < 4.78 is 48.4. The van der Waals surface area contributed by atoms with Gasteiger partial charge < -0.3 is 5.11 Å². The van der Waals surface area contributed by atoms with Crippen LogP contribution in [0, 0.1) is 0 Å². The quantitative estimate of drug-likeness (QED) is 0.802. The van der Waals surface area contributed by atoms with Gasteiger partial charge in [0.2, 0.25) is 0 Å². The molecule has 2 N–H and O–H groups in total. The Bertz CT molecular complexity index is 591. The second-order valence-electron chi connectivity index (χ2n) is 3.02. The van der Waals surface area contributed by atoms with Crippen LogP contribution in [0.3, 0.4) is 0 Å². The number of benzene rings is 1. The van der Waals surface area contributed by atoms with Crippen LogP contribution in [0.4, 0.5) is 14.5 Å². The van der Waals surface area contributed by atoms with Gasteiger partial charge in [0, 0.05) is 8.95 Å². The summed E-state index contributed by atoms with van der Waals surface area (Å²) in [5, 5.41) is 8.89. The standard InChI is InChI=1S/C8H5Br2F2NO4S/c9-3-1-4(7(14)15)6(5(10)2-3)13-18(16,17)8(11)12/h1-2,8,13H,(H,14,15). The van der Waals surface area contributed by atoms with Gasteiger partial charge in [-0.2, -0.15) is 8.78 Å². The Morgan fingerprint density at radius 1 is 1.33 bits per heavy atom. The lowest BCUT2D eigenvalue weighted by Gasteiger charge is -2.12. The summed E-state index contributed by atoms with van der Waals surface area (Å²) in [6, 6.07) is 2.42. The van der Waals surface area contributed by atoms with Crippen LogP contribution < -0.4 is 4.72 Å². The molecule has 0 aliphatic rings. The second-order valence-corrected chi connectivity index (χ2v) is 6.44. The molecule has 18 heavy (non-hydrogen) atoms. The molecule has 5 nitrogen and oxygen atoms in total. The van der Waals surface area contributed by atoms with Crippen LogP contribution in [0.2, 0.25) is 0 Å². The van der Waals surface area contributed by atoms with Crippen molar-refractivity contribution in [3.05, 3.63) is 26.6 Å². The van der Waals surface area contributed by atoms with E-state index < -0.39 is 33.0 Å². The van der Waals surface area contributed by atoms with Gasteiger partial charge >= 0.3 is 11.7 Å². The predicted octanol–water partition coefficient (Wildman–Crippen LogP) is 2.87. The molecule has 0 amide bonds. The number of hydrogen-bond donors (Lipinski definition) is 2. The van der Waals surface area contributed by atoms with E-state index in [1.165, 1.54) is 10.8 Å². The Labute approximate surface area is 117 Å². The van der Waals surface area contributed by atoms with Gasteiger partial charge in [0.05, 0.1) is 11.3 Å². The maximum absolute atomic E-state index is 12.2. The van der Waals surface area contributed by atoms with Gasteiger partial charge in [-0.25, -0.2) is 13.2 Å². The molecule has 0 saturated heterocycles. The van der Waals surface area contributed by atoms with E-state index in [2.05, 4.69) is 31.9 Å². The molecule has 0 atom stereocenters. The average molecular weight is 409 g/mol. The van der Waals surface area contributed by atoms with Crippen LogP contribution in [-0.2, 0) is 10.0 Å². The minimum absolute atomic E-state index is 0.0264. The first-order valence-electron chi connectivity index (χ1n) is 4.17. The molecule has 1 aromatic carbocycles. The number of carboxylic acids is 1. The van der Waals surface area contributed by atoms with Crippen LogP contribution in [0.1, 0.15) is 10.4 Å². The van der Waals surface area contributed by atoms with Crippen molar-refractivity contribution in [2.24, 2.45) is 0 Å². The summed E-state index contributed by atoms with van der Waals surface area (Å²) in [4.78, 5) is 10.9. The zero-order valence-corrected chi connectivity index (χ0v) is 12.3. The third kappa shape index (κ3) is 3.39. The molecule has 0 spiro atoms. The molecule has 0 bridgehead atoms. The Morgan fingerprint density at radius 3 is 2.33 bits per heavy atom. The smallest absolute Gasteiger partial charge is 0.355 e. The summed E-state index contributed by atoms with van der Waals surface area (Å²) in [6.07, 6.45) is 0. The first-order chi connectivity index (χ1) is 8.15. The number of nitrogens with one attached hydrogen (secondary N) is 1. The summed E-state index contributed by atoms with van der Waals surface area (Å²) in [5.74, 6) is -5.11. The molecule has 0 unspecified atom stereocenters. The first kappa shape index (κ1) is 15.3. The molecule has 0 saturated carbocycles. The fraction of sp³-hybridized carbons (Fsp3) is 0.125. The van der Waals surface area contributed by atoms with Gasteiger partial charge in [0.15, 0.2) is 0 Å². The fourth-order valence-electron chi connectivity index (χ4n) is 1.03. The average Bonchev–Trinajstić information content (AvgIpc) is 2.21. The van der Waals surface area contributed by atoms with Crippen molar-refractivity contribution >= 4 is 53.5 Å². The van der Waals surface area contributed by atoms with Crippen molar-refractivity contribution in [3.8, 4) is 0 Å². The van der Waals surface area contributed by atoms with Gasteiger partial charge in [-0.05, 0) is 28.1 Å². The van der Waals surface area contributed by atoms with Crippen LogP contribution in [0.15, 0.2) is 21.1 Å². The topological polar surface area (TPSA) is 83.5 Å². The summed E-state index contributed by atoms with van der Waals surface area (Å²) in [5.41, 5.74) is -0.911. The monoisotopic (exact) mass is 407 g/mol. The van der Waals surface area contributed by atoms with Crippen molar-refractivity contribution in [1.29, 1.82) is 0 Å². The molecule has 0 aliphatic heterocycles. The van der Waals surface area contributed by atoms with Crippen molar-refractivity contribution < 1.29 is 27.1 Å². The number of anilines is 1. The lowest BCUT2D eigenvalue weighted by Crippen LogP contribution is -2.22. The molecule has 0 radical (unpaired) electrons. The molecule has 1 rings (SSSR count). The zero-order chi connectivity index (χ0) is 14.1. The van der Waals surface area contributed by atoms with E-state index >= 15 is 0 Å². The second kappa shape index (κ2) is 5.49. The number of rotatable bonds is 4. The summed E-state index contributed by atoms with van der Waals surface area (Å²) >= 11 is 5.91. The molecular formula is C8H5Br2F2NO4S. The van der Waals surface area contributed by atoms with E-state index in [0.29, 0.717) is 4.47 Å². The van der Waals surface area contributed by atoms with E-state index in [1.807, 2.05) is 0 Å². The molecule has 100 valence electrons. The van der Waals surface area contributed by atoms with Gasteiger partial charge in [-0.1, -0.05) is 15.9 Å². The minimum Gasteiger partial charge on any atom is -0.478 e. The fourth-order valence-corrected chi connectivity index (χ4v) is 3.08. The lowest BCUT2D eigenvalue weighted by atomic mass is 10.2. The molecule has 1 aromatic rings. The maximum atomic E-state index is 12.2. The van der Waals surface area contributed by atoms with E-state index in [4.69, 9.17) is 5.11 Å². The highest BCUT2D eigenvalue weighted by molar-refractivity contribution is 9.11. The van der Waals surface area contributed by atoms with Gasteiger partial charge in [0.1, 0.15) is 0 Å². The van der Waals surface area contributed by atoms with Crippen LogP contribution >= 0.6 is 31.9 Å². The van der Waals surface area contributed by atoms with Gasteiger partial charge in [-0.3, -0.25) is 4.72 Å². The third-order valence-electron chi connectivity index (χ3n) is 1.76. The number of carboxylic acid groups (broad SMARTS) is 1. The van der Waals surface area contributed by atoms with Crippen molar-refractivity contribution in [3.63, 3.8) is 0 Å². The highest BCUT2D eigenvalue weighted by Crippen LogP contribution is 2.32. The Kier molecular flexibility index (Phi) is 4.67. The maximum Gasteiger partial charge on any atom is 0.355 e. The highest BCUT2D eigenvalue weighted by Gasteiger charge is 2.27. The van der Waals surface area contributed by atoms with Crippen LogP contribution in [-0.4, -0.2) is 25.3 Å². The number of aromatic carboxylic acids is 1. The number of halogens is 4. The number of hydrogen-bond acceptors (Lipinski definition) is 3. The number of carbonyl (C=O) groups is 1. The van der Waals surface area contributed by atoms with E-state index in [9.17, 15) is 22.0 Å². The van der Waals surface area contributed by atoms with Crippen molar-refractivity contribution in [2.75, 3.05) is 4.72 Å². The van der Waals surface area contributed by atoms with Crippen LogP contribution in [0.25, 0.3) is 0 Å². The predicted molar refractivity (Wildman–Crippen MR) is 67.3 cm³/mol. The Balaban J connectivity index is 3.37. The van der Waals surface area contributed by atoms with Crippen LogP contribution in [0.5, 0.6) is 0 Å². The molecule has 0 fully saturated rings. The molecular weight excluding hydrogens is 404 g/mol. The van der Waals surface area contributed by atoms with E-state index in [-0.39, 0.29) is 4.47 Å². The third-order valence-corrected chi connectivity index (χ3v) is 3.81. The molecule has 0 aromatic heterocycles. The SMILES string of the molecule is O=C(O)c1cc(Br)cc(Br)c1NS(=O)(=O)C(F)F. The minimum atomic E-state index is -4.93. The summed E-state index contributed by atoms with van der Waals surface area (Å²) in [6.45, 7) is 0. The molecule has 0 heterocycles. The first-order valence-corrected chi connectivity index (χ1v) is 7.30. The van der Waals surface area contributed by atoms with Gasteiger partial charge in [0.25, 0.3) is 10.0 Å². The number of alkyl halides is 2. The van der Waals surface area contributed by atoms with Gasteiger partial charge in [-0.15, -0.1) is 0 Å². The summed E-state index contributed by atoms with van der Waals surface area (Å²) in [7, 11) is -4.93. The highest BCUT2D eigenvalue weighted by atomic mass is 79.9.